The zero-order valence-electron chi connectivity index (χ0n) is 11.6. The van der Waals surface area contributed by atoms with Crippen LogP contribution in [-0.2, 0) is 4.79 Å². The number of benzene rings is 1. The van der Waals surface area contributed by atoms with Gasteiger partial charge >= 0.3 is 0 Å². The lowest BCUT2D eigenvalue weighted by Gasteiger charge is -2.20. The molecule has 20 heavy (non-hydrogen) atoms. The van der Waals surface area contributed by atoms with E-state index in [1.807, 2.05) is 6.92 Å². The standard InChI is InChI=1S/C15H18N2O3/c1-3-17(10-14(16)19)15(20)13-7-6-11(2)9-12(13)5-4-8-18/h6-7,9,18H,3,8,10H2,1-2H3,(H2,16,19). The number of likely N-dealkylation sites (N-methyl/N-ethyl adjacent to an activating group) is 1. The molecule has 2 amide bonds. The Hall–Kier alpha value is -2.32. The van der Waals surface area contributed by atoms with Crippen molar-refractivity contribution in [3.8, 4) is 11.8 Å². The van der Waals surface area contributed by atoms with Crippen molar-refractivity contribution in [3.63, 3.8) is 0 Å². The minimum absolute atomic E-state index is 0.129. The summed E-state index contributed by atoms with van der Waals surface area (Å²) in [5.74, 6) is 4.42. The van der Waals surface area contributed by atoms with E-state index in [0.29, 0.717) is 17.7 Å². The van der Waals surface area contributed by atoms with E-state index in [1.54, 1.807) is 25.1 Å². The van der Waals surface area contributed by atoms with Gasteiger partial charge in [0.05, 0.1) is 12.1 Å². The fourth-order valence-corrected chi connectivity index (χ4v) is 1.77. The van der Waals surface area contributed by atoms with Crippen LogP contribution >= 0.6 is 0 Å². The van der Waals surface area contributed by atoms with Gasteiger partial charge in [0.2, 0.25) is 5.91 Å². The second-order valence-electron chi connectivity index (χ2n) is 4.29. The van der Waals surface area contributed by atoms with Gasteiger partial charge in [-0.25, -0.2) is 0 Å². The number of nitrogens with two attached hydrogens (primary N) is 1. The first kappa shape index (κ1) is 15.7. The fourth-order valence-electron chi connectivity index (χ4n) is 1.77. The number of aryl methyl sites for hydroxylation is 1. The molecule has 1 rings (SSSR count). The van der Waals surface area contributed by atoms with Crippen molar-refractivity contribution >= 4 is 11.8 Å². The van der Waals surface area contributed by atoms with E-state index < -0.39 is 5.91 Å². The lowest BCUT2D eigenvalue weighted by molar-refractivity contribution is -0.118. The summed E-state index contributed by atoms with van der Waals surface area (Å²) in [5.41, 5.74) is 7.03. The van der Waals surface area contributed by atoms with Crippen LogP contribution in [0, 0.1) is 18.8 Å². The molecule has 0 fully saturated rings. The average Bonchev–Trinajstić information content (AvgIpc) is 2.41. The first-order valence-corrected chi connectivity index (χ1v) is 6.27. The number of amides is 2. The number of carbonyl (C=O) groups is 2. The minimum Gasteiger partial charge on any atom is -0.384 e. The van der Waals surface area contributed by atoms with Gasteiger partial charge < -0.3 is 15.7 Å². The molecule has 0 radical (unpaired) electrons. The van der Waals surface area contributed by atoms with Crippen LogP contribution < -0.4 is 5.73 Å². The molecule has 0 spiro atoms. The molecule has 0 aromatic heterocycles. The van der Waals surface area contributed by atoms with Crippen LogP contribution in [0.2, 0.25) is 0 Å². The van der Waals surface area contributed by atoms with Crippen LogP contribution in [0.5, 0.6) is 0 Å². The fraction of sp³-hybridized carbons (Fsp3) is 0.333. The second kappa shape index (κ2) is 7.31. The zero-order chi connectivity index (χ0) is 15.1. The van der Waals surface area contributed by atoms with Gasteiger partial charge in [-0.2, -0.15) is 0 Å². The van der Waals surface area contributed by atoms with Crippen LogP contribution in [0.1, 0.15) is 28.4 Å². The first-order chi connectivity index (χ1) is 9.49. The number of nitrogens with zero attached hydrogens (tertiary/aromatic N) is 1. The van der Waals surface area contributed by atoms with Crippen LogP contribution in [0.25, 0.3) is 0 Å². The summed E-state index contributed by atoms with van der Waals surface area (Å²) in [5, 5.41) is 8.77. The van der Waals surface area contributed by atoms with Gasteiger partial charge in [-0.05, 0) is 31.5 Å². The molecule has 0 saturated carbocycles. The number of aliphatic hydroxyl groups excluding tert-OH is 1. The third-order valence-corrected chi connectivity index (χ3v) is 2.72. The Bertz CT molecular complexity index is 570. The predicted octanol–water partition coefficient (Wildman–Crippen LogP) is 0.286. The second-order valence-corrected chi connectivity index (χ2v) is 4.29. The first-order valence-electron chi connectivity index (χ1n) is 6.27. The van der Waals surface area contributed by atoms with E-state index in [4.69, 9.17) is 10.8 Å². The molecule has 0 saturated heterocycles. The number of hydrogen-bond donors (Lipinski definition) is 2. The molecule has 5 nitrogen and oxygen atoms in total. The number of carbonyl (C=O) groups excluding carboxylic acids is 2. The van der Waals surface area contributed by atoms with E-state index >= 15 is 0 Å². The van der Waals surface area contributed by atoms with Crippen LogP contribution in [-0.4, -0.2) is 41.5 Å². The molecule has 106 valence electrons. The largest absolute Gasteiger partial charge is 0.384 e. The van der Waals surface area contributed by atoms with Gasteiger partial charge in [-0.1, -0.05) is 17.9 Å². The molecule has 0 bridgehead atoms. The molecule has 0 aliphatic heterocycles. The zero-order valence-corrected chi connectivity index (χ0v) is 11.6. The molecule has 0 aliphatic carbocycles. The summed E-state index contributed by atoms with van der Waals surface area (Å²) in [6, 6.07) is 5.24. The molecule has 0 unspecified atom stereocenters. The summed E-state index contributed by atoms with van der Waals surface area (Å²) >= 11 is 0. The quantitative estimate of drug-likeness (QED) is 0.774. The molecule has 3 N–H and O–H groups in total. The maximum Gasteiger partial charge on any atom is 0.255 e. The topological polar surface area (TPSA) is 83.6 Å². The number of primary amides is 1. The number of hydrogen-bond acceptors (Lipinski definition) is 3. The van der Waals surface area contributed by atoms with Crippen molar-refractivity contribution in [2.75, 3.05) is 19.7 Å². The Morgan fingerprint density at radius 1 is 1.40 bits per heavy atom. The monoisotopic (exact) mass is 274 g/mol. The average molecular weight is 274 g/mol. The van der Waals surface area contributed by atoms with Crippen molar-refractivity contribution in [2.24, 2.45) is 5.73 Å². The van der Waals surface area contributed by atoms with E-state index in [0.717, 1.165) is 5.56 Å². The van der Waals surface area contributed by atoms with Gasteiger partial charge in [0.15, 0.2) is 0 Å². The predicted molar refractivity (Wildman–Crippen MR) is 75.9 cm³/mol. The van der Waals surface area contributed by atoms with Crippen LogP contribution in [0.4, 0.5) is 0 Å². The Morgan fingerprint density at radius 3 is 2.65 bits per heavy atom. The van der Waals surface area contributed by atoms with E-state index in [1.165, 1.54) is 4.90 Å². The normalized spacial score (nSPS) is 9.55. The van der Waals surface area contributed by atoms with E-state index in [9.17, 15) is 9.59 Å². The number of aliphatic hydroxyl groups is 1. The highest BCUT2D eigenvalue weighted by atomic mass is 16.2. The highest BCUT2D eigenvalue weighted by Gasteiger charge is 2.18. The highest BCUT2D eigenvalue weighted by Crippen LogP contribution is 2.13. The lowest BCUT2D eigenvalue weighted by Crippen LogP contribution is -2.38. The highest BCUT2D eigenvalue weighted by molar-refractivity contribution is 5.98. The maximum absolute atomic E-state index is 12.4. The Labute approximate surface area is 118 Å². The molecule has 0 aliphatic rings. The van der Waals surface area contributed by atoms with Crippen LogP contribution in [0.3, 0.4) is 0 Å². The van der Waals surface area contributed by atoms with Gasteiger partial charge in [0, 0.05) is 12.1 Å². The Morgan fingerprint density at radius 2 is 2.10 bits per heavy atom. The molecule has 1 aromatic carbocycles. The molecular formula is C15H18N2O3. The minimum atomic E-state index is -0.560. The molecule has 0 heterocycles. The van der Waals surface area contributed by atoms with Crippen molar-refractivity contribution in [2.45, 2.75) is 13.8 Å². The Balaban J connectivity index is 3.16. The van der Waals surface area contributed by atoms with Crippen molar-refractivity contribution in [1.82, 2.24) is 4.90 Å². The van der Waals surface area contributed by atoms with Gasteiger partial charge in [-0.15, -0.1) is 0 Å². The molecular weight excluding hydrogens is 256 g/mol. The molecule has 1 aromatic rings. The van der Waals surface area contributed by atoms with Crippen molar-refractivity contribution in [1.29, 1.82) is 0 Å². The molecule has 5 heteroatoms. The lowest BCUT2D eigenvalue weighted by atomic mass is 10.0. The van der Waals surface area contributed by atoms with Gasteiger partial charge in [0.25, 0.3) is 5.91 Å². The number of rotatable bonds is 4. The Kier molecular flexibility index (Phi) is 5.75. The SMILES string of the molecule is CCN(CC(N)=O)C(=O)c1ccc(C)cc1C#CCO. The summed E-state index contributed by atoms with van der Waals surface area (Å²) in [6.07, 6.45) is 0. The third kappa shape index (κ3) is 4.11. The summed E-state index contributed by atoms with van der Waals surface area (Å²) < 4.78 is 0. The van der Waals surface area contributed by atoms with Crippen molar-refractivity contribution < 1.29 is 14.7 Å². The van der Waals surface area contributed by atoms with Crippen molar-refractivity contribution in [3.05, 3.63) is 34.9 Å². The van der Waals surface area contributed by atoms with Gasteiger partial charge in [0.1, 0.15) is 6.61 Å². The van der Waals surface area contributed by atoms with E-state index in [-0.39, 0.29) is 19.1 Å². The summed E-state index contributed by atoms with van der Waals surface area (Å²) in [4.78, 5) is 24.7. The molecule has 0 atom stereocenters. The third-order valence-electron chi connectivity index (χ3n) is 2.72. The summed E-state index contributed by atoms with van der Waals surface area (Å²) in [6.45, 7) is 3.63. The maximum atomic E-state index is 12.4. The summed E-state index contributed by atoms with van der Waals surface area (Å²) in [7, 11) is 0. The van der Waals surface area contributed by atoms with Gasteiger partial charge in [-0.3, -0.25) is 9.59 Å². The van der Waals surface area contributed by atoms with E-state index in [2.05, 4.69) is 11.8 Å². The van der Waals surface area contributed by atoms with Crippen LogP contribution in [0.15, 0.2) is 18.2 Å². The smallest absolute Gasteiger partial charge is 0.255 e.